The molecule has 17 heavy (non-hydrogen) atoms. The Bertz CT molecular complexity index is 322. The summed E-state index contributed by atoms with van der Waals surface area (Å²) < 4.78 is 2.29. The van der Waals surface area contributed by atoms with Gasteiger partial charge in [0.2, 0.25) is 0 Å². The van der Waals surface area contributed by atoms with Crippen LogP contribution in [-0.2, 0) is 13.1 Å². The van der Waals surface area contributed by atoms with Gasteiger partial charge in [0.25, 0.3) is 0 Å². The highest BCUT2D eigenvalue weighted by atomic mass is 16.3. The average molecular weight is 238 g/mol. The number of rotatable bonds is 8. The van der Waals surface area contributed by atoms with E-state index in [1.165, 1.54) is 5.69 Å². The number of aromatic nitrogens is 1. The quantitative estimate of drug-likeness (QED) is 0.730. The molecule has 0 amide bonds. The standard InChI is InChI=1S/C14H26N2O/c1-4-9-16-10-6-7-13(16)12-15-14(3,5-2)8-11-17/h6-7,10,15,17H,4-5,8-9,11-12H2,1-3H3. The molecule has 98 valence electrons. The van der Waals surface area contributed by atoms with Crippen molar-refractivity contribution in [1.82, 2.24) is 9.88 Å². The van der Waals surface area contributed by atoms with Gasteiger partial charge in [0.1, 0.15) is 0 Å². The third kappa shape index (κ3) is 4.17. The maximum absolute atomic E-state index is 9.08. The smallest absolute Gasteiger partial charge is 0.0448 e. The van der Waals surface area contributed by atoms with Gasteiger partial charge in [0, 0.05) is 37.1 Å². The van der Waals surface area contributed by atoms with Crippen molar-refractivity contribution in [3.05, 3.63) is 24.0 Å². The summed E-state index contributed by atoms with van der Waals surface area (Å²) >= 11 is 0. The molecule has 1 aromatic heterocycles. The summed E-state index contributed by atoms with van der Waals surface area (Å²) in [6.07, 6.45) is 5.12. The van der Waals surface area contributed by atoms with E-state index in [4.69, 9.17) is 5.11 Å². The van der Waals surface area contributed by atoms with Gasteiger partial charge >= 0.3 is 0 Å². The molecule has 1 aromatic rings. The highest BCUT2D eigenvalue weighted by Crippen LogP contribution is 2.15. The largest absolute Gasteiger partial charge is 0.396 e. The molecular weight excluding hydrogens is 212 g/mol. The van der Waals surface area contributed by atoms with E-state index >= 15 is 0 Å². The van der Waals surface area contributed by atoms with Crippen molar-refractivity contribution < 1.29 is 5.11 Å². The van der Waals surface area contributed by atoms with Crippen LogP contribution in [0.2, 0.25) is 0 Å². The molecule has 0 aromatic carbocycles. The number of hydrogen-bond acceptors (Lipinski definition) is 2. The number of nitrogens with zero attached hydrogens (tertiary/aromatic N) is 1. The summed E-state index contributed by atoms with van der Waals surface area (Å²) in [6.45, 7) is 8.72. The second-order valence-corrected chi connectivity index (χ2v) is 4.93. The lowest BCUT2D eigenvalue weighted by Gasteiger charge is -2.29. The zero-order valence-corrected chi connectivity index (χ0v) is 11.4. The Morgan fingerprint density at radius 2 is 2.18 bits per heavy atom. The Balaban J connectivity index is 2.56. The van der Waals surface area contributed by atoms with E-state index in [-0.39, 0.29) is 12.1 Å². The van der Waals surface area contributed by atoms with Crippen molar-refractivity contribution in [2.24, 2.45) is 0 Å². The van der Waals surface area contributed by atoms with Crippen LogP contribution in [0.5, 0.6) is 0 Å². The van der Waals surface area contributed by atoms with E-state index in [0.29, 0.717) is 0 Å². The monoisotopic (exact) mass is 238 g/mol. The van der Waals surface area contributed by atoms with Gasteiger partial charge in [-0.15, -0.1) is 0 Å². The Morgan fingerprint density at radius 3 is 2.76 bits per heavy atom. The highest BCUT2D eigenvalue weighted by Gasteiger charge is 2.20. The highest BCUT2D eigenvalue weighted by molar-refractivity contribution is 5.07. The van der Waals surface area contributed by atoms with Crippen LogP contribution in [0, 0.1) is 0 Å². The van der Waals surface area contributed by atoms with E-state index in [9.17, 15) is 0 Å². The van der Waals surface area contributed by atoms with Crippen LogP contribution in [0.3, 0.4) is 0 Å². The van der Waals surface area contributed by atoms with Crippen LogP contribution in [0.1, 0.15) is 45.7 Å². The zero-order valence-electron chi connectivity index (χ0n) is 11.4. The minimum atomic E-state index is 0.0378. The predicted molar refractivity (Wildman–Crippen MR) is 72.0 cm³/mol. The molecule has 3 nitrogen and oxygen atoms in total. The molecule has 1 rings (SSSR count). The molecule has 0 fully saturated rings. The van der Waals surface area contributed by atoms with Gasteiger partial charge in [-0.3, -0.25) is 0 Å². The fourth-order valence-electron chi connectivity index (χ4n) is 2.01. The second kappa shape index (κ2) is 6.82. The van der Waals surface area contributed by atoms with E-state index in [1.807, 2.05) is 0 Å². The zero-order chi connectivity index (χ0) is 12.7. The van der Waals surface area contributed by atoms with Gasteiger partial charge in [-0.25, -0.2) is 0 Å². The third-order valence-corrected chi connectivity index (χ3v) is 3.53. The van der Waals surface area contributed by atoms with Gasteiger partial charge in [0.15, 0.2) is 0 Å². The Morgan fingerprint density at radius 1 is 1.41 bits per heavy atom. The molecule has 0 aliphatic heterocycles. The summed E-state index contributed by atoms with van der Waals surface area (Å²) in [5, 5.41) is 12.7. The van der Waals surface area contributed by atoms with Crippen molar-refractivity contribution >= 4 is 0 Å². The van der Waals surface area contributed by atoms with Gasteiger partial charge in [-0.05, 0) is 38.3 Å². The minimum absolute atomic E-state index is 0.0378. The minimum Gasteiger partial charge on any atom is -0.396 e. The molecule has 0 aliphatic rings. The molecule has 0 radical (unpaired) electrons. The molecule has 0 bridgehead atoms. The van der Waals surface area contributed by atoms with Crippen LogP contribution >= 0.6 is 0 Å². The van der Waals surface area contributed by atoms with Crippen LogP contribution in [0.4, 0.5) is 0 Å². The molecule has 2 N–H and O–H groups in total. The number of aliphatic hydroxyl groups excluding tert-OH is 1. The lowest BCUT2D eigenvalue weighted by atomic mass is 9.95. The van der Waals surface area contributed by atoms with Gasteiger partial charge in [0.05, 0.1) is 0 Å². The van der Waals surface area contributed by atoms with E-state index in [1.54, 1.807) is 0 Å². The number of nitrogens with one attached hydrogen (secondary N) is 1. The Kier molecular flexibility index (Phi) is 5.72. The van der Waals surface area contributed by atoms with Crippen molar-refractivity contribution in [2.45, 2.75) is 58.7 Å². The lowest BCUT2D eigenvalue weighted by Crippen LogP contribution is -2.42. The lowest BCUT2D eigenvalue weighted by molar-refractivity contribution is 0.213. The number of aliphatic hydroxyl groups is 1. The van der Waals surface area contributed by atoms with Crippen LogP contribution in [-0.4, -0.2) is 21.8 Å². The van der Waals surface area contributed by atoms with Gasteiger partial charge in [-0.1, -0.05) is 13.8 Å². The molecule has 0 spiro atoms. The molecule has 3 heteroatoms. The van der Waals surface area contributed by atoms with Crippen molar-refractivity contribution in [3.63, 3.8) is 0 Å². The first-order chi connectivity index (χ1) is 8.15. The van der Waals surface area contributed by atoms with E-state index in [2.05, 4.69) is 49.0 Å². The summed E-state index contributed by atoms with van der Waals surface area (Å²) in [5.74, 6) is 0. The molecule has 0 saturated heterocycles. The fourth-order valence-corrected chi connectivity index (χ4v) is 2.01. The first-order valence-corrected chi connectivity index (χ1v) is 6.65. The summed E-state index contributed by atoms with van der Waals surface area (Å²) in [5.41, 5.74) is 1.36. The van der Waals surface area contributed by atoms with Crippen molar-refractivity contribution in [2.75, 3.05) is 6.61 Å². The van der Waals surface area contributed by atoms with Crippen LogP contribution in [0.25, 0.3) is 0 Å². The third-order valence-electron chi connectivity index (χ3n) is 3.53. The SMILES string of the molecule is CCCn1cccc1CNC(C)(CC)CCO. The van der Waals surface area contributed by atoms with Crippen molar-refractivity contribution in [3.8, 4) is 0 Å². The Hall–Kier alpha value is -0.800. The molecule has 0 saturated carbocycles. The summed E-state index contributed by atoms with van der Waals surface area (Å²) in [7, 11) is 0. The van der Waals surface area contributed by atoms with Gasteiger partial charge in [-0.2, -0.15) is 0 Å². The maximum Gasteiger partial charge on any atom is 0.0448 e. The topological polar surface area (TPSA) is 37.2 Å². The van der Waals surface area contributed by atoms with Gasteiger partial charge < -0.3 is 15.0 Å². The van der Waals surface area contributed by atoms with Crippen LogP contribution in [0.15, 0.2) is 18.3 Å². The normalized spacial score (nSPS) is 14.8. The molecule has 1 unspecified atom stereocenters. The molecule has 1 heterocycles. The molecular formula is C14H26N2O. The second-order valence-electron chi connectivity index (χ2n) is 4.93. The predicted octanol–water partition coefficient (Wildman–Crippen LogP) is 2.54. The van der Waals surface area contributed by atoms with Crippen LogP contribution < -0.4 is 5.32 Å². The van der Waals surface area contributed by atoms with E-state index in [0.717, 1.165) is 32.4 Å². The molecule has 1 atom stereocenters. The number of aryl methyl sites for hydroxylation is 1. The number of hydrogen-bond donors (Lipinski definition) is 2. The van der Waals surface area contributed by atoms with Crippen molar-refractivity contribution in [1.29, 1.82) is 0 Å². The van der Waals surface area contributed by atoms with E-state index < -0.39 is 0 Å². The first kappa shape index (κ1) is 14.3. The maximum atomic E-state index is 9.08. The Labute approximate surface area is 105 Å². The first-order valence-electron chi connectivity index (χ1n) is 6.65. The average Bonchev–Trinajstić information content (AvgIpc) is 2.75. The fraction of sp³-hybridized carbons (Fsp3) is 0.714. The summed E-state index contributed by atoms with van der Waals surface area (Å²) in [4.78, 5) is 0. The molecule has 0 aliphatic carbocycles. The summed E-state index contributed by atoms with van der Waals surface area (Å²) in [6, 6.07) is 4.26.